The molecule has 1 aromatic carbocycles. The van der Waals surface area contributed by atoms with E-state index in [-0.39, 0.29) is 61.8 Å². The van der Waals surface area contributed by atoms with Gasteiger partial charge in [-0.25, -0.2) is 14.6 Å². The largest absolute Gasteiger partial charge is 0.462 e. The molecule has 3 aromatic heterocycles. The first-order valence-corrected chi connectivity index (χ1v) is 25.0. The van der Waals surface area contributed by atoms with Crippen molar-refractivity contribution in [2.24, 2.45) is 16.7 Å². The molecule has 18 heteroatoms. The molecule has 0 unspecified atom stereocenters. The van der Waals surface area contributed by atoms with Gasteiger partial charge in [0, 0.05) is 111 Å². The van der Waals surface area contributed by atoms with Gasteiger partial charge in [-0.1, -0.05) is 40.3 Å². The van der Waals surface area contributed by atoms with Gasteiger partial charge in [0.25, 0.3) is 5.91 Å². The zero-order valence-electron chi connectivity index (χ0n) is 41.2. The van der Waals surface area contributed by atoms with E-state index in [0.29, 0.717) is 49.8 Å². The third-order valence-electron chi connectivity index (χ3n) is 14.5. The van der Waals surface area contributed by atoms with Crippen molar-refractivity contribution < 1.29 is 38.6 Å². The topological polar surface area (TPSA) is 192 Å². The average molecular weight is 966 g/mol. The van der Waals surface area contributed by atoms with Gasteiger partial charge < -0.3 is 39.2 Å². The summed E-state index contributed by atoms with van der Waals surface area (Å²) in [5.74, 6) is -2.50. The summed E-state index contributed by atoms with van der Waals surface area (Å²) in [5, 5.41) is 19.6. The number of rotatable bonds is 9. The van der Waals surface area contributed by atoms with E-state index >= 15 is 0 Å². The number of likely N-dealkylation sites (tertiary alicyclic amines) is 2. The molecule has 4 aliphatic rings. The van der Waals surface area contributed by atoms with Crippen LogP contribution in [0.25, 0.3) is 33.4 Å². The minimum Gasteiger partial charge on any atom is -0.462 e. The van der Waals surface area contributed by atoms with E-state index < -0.39 is 41.0 Å². The number of nitrogens with zero attached hydrogens (tertiary/aromatic N) is 7. The van der Waals surface area contributed by atoms with Crippen molar-refractivity contribution >= 4 is 52.0 Å². The predicted molar refractivity (Wildman–Crippen MR) is 262 cm³/mol. The first kappa shape index (κ1) is 49.7. The molecule has 5 atom stereocenters. The molecule has 8 rings (SSSR count). The standard InChI is InChI=1S/C51H67N9O8S/c1-10-41(61)57-22-18-50(28-57)19-23-58(29-50)48(65)56(8)43(31(3)4)45(62)54-37-25-40-53-38(27-69-40)33-15-16-39-35(24-33)36(44(59(39)11-2)34-14-12-20-52-42(34)32(5)67-9)26-49(6,7)30-68-47(64)51(66)17-13-21-60(55-51)46(37)63/h10,12,14-16,20,24,27,31-32,37,43,55,66H,1,11,13,17-19,21-23,25-26,28-30H2,2-9H3,(H,54,62)/t32-,37-,43-,50+,51-/m0/s1. The van der Waals surface area contributed by atoms with Gasteiger partial charge in [0.2, 0.25) is 17.5 Å². The molecule has 17 nitrogen and oxygen atoms in total. The maximum Gasteiger partial charge on any atom is 0.355 e. The van der Waals surface area contributed by atoms with E-state index in [4.69, 9.17) is 19.4 Å². The molecule has 3 N–H and O–H groups in total. The Kier molecular flexibility index (Phi) is 14.1. The number of likely N-dealkylation sites (N-methyl/N-ethyl adjacent to an activating group) is 1. The fourth-order valence-electron chi connectivity index (χ4n) is 10.8. The Morgan fingerprint density at radius 1 is 1.10 bits per heavy atom. The Bertz CT molecular complexity index is 2640. The minimum atomic E-state index is -2.23. The summed E-state index contributed by atoms with van der Waals surface area (Å²) in [6.45, 7) is 18.3. The molecule has 4 aromatic rings. The molecule has 0 radical (unpaired) electrons. The molecule has 3 saturated heterocycles. The Morgan fingerprint density at radius 3 is 2.55 bits per heavy atom. The number of methoxy groups -OCH3 is 1. The molecule has 0 saturated carbocycles. The smallest absolute Gasteiger partial charge is 0.355 e. The molecule has 3 fully saturated rings. The van der Waals surface area contributed by atoms with Crippen molar-refractivity contribution in [2.45, 2.75) is 111 Å². The van der Waals surface area contributed by atoms with Crippen LogP contribution in [0.1, 0.15) is 89.6 Å². The fraction of sp³-hybridized carbons (Fsp3) is 0.549. The van der Waals surface area contributed by atoms with Crippen molar-refractivity contribution in [3.8, 4) is 22.5 Å². The second kappa shape index (κ2) is 19.6. The summed E-state index contributed by atoms with van der Waals surface area (Å²) < 4.78 is 14.1. The Labute approximate surface area is 408 Å². The highest BCUT2D eigenvalue weighted by molar-refractivity contribution is 7.10. The number of esters is 1. The number of pyridine rings is 1. The predicted octanol–water partition coefficient (Wildman–Crippen LogP) is 5.71. The first-order valence-electron chi connectivity index (χ1n) is 24.1. The van der Waals surface area contributed by atoms with E-state index in [1.165, 1.54) is 27.3 Å². The number of carbonyl (C=O) groups is 5. The van der Waals surface area contributed by atoms with Crippen molar-refractivity contribution in [2.75, 3.05) is 53.5 Å². The zero-order chi connectivity index (χ0) is 49.6. The minimum absolute atomic E-state index is 0.00709. The lowest BCUT2D eigenvalue weighted by Crippen LogP contribution is -2.67. The van der Waals surface area contributed by atoms with Crippen molar-refractivity contribution in [1.82, 2.24) is 45.0 Å². The number of carbonyl (C=O) groups excluding carboxylic acids is 5. The third-order valence-corrected chi connectivity index (χ3v) is 15.4. The average Bonchev–Trinajstić information content (AvgIpc) is 4.15. The van der Waals surface area contributed by atoms with Gasteiger partial charge in [0.15, 0.2) is 0 Å². The fourth-order valence-corrected chi connectivity index (χ4v) is 11.7. The van der Waals surface area contributed by atoms with Crippen molar-refractivity contribution in [1.29, 1.82) is 0 Å². The summed E-state index contributed by atoms with van der Waals surface area (Å²) in [7, 11) is 3.27. The maximum atomic E-state index is 14.7. The van der Waals surface area contributed by atoms with Crippen LogP contribution in [0.15, 0.2) is 54.6 Å². The second-order valence-corrected chi connectivity index (χ2v) is 21.4. The number of aliphatic hydroxyl groups is 1. The number of urea groups is 1. The summed E-state index contributed by atoms with van der Waals surface area (Å²) >= 11 is 1.37. The first-order chi connectivity index (χ1) is 32.8. The number of hydrazine groups is 1. The highest BCUT2D eigenvalue weighted by Crippen LogP contribution is 2.43. The zero-order valence-corrected chi connectivity index (χ0v) is 42.0. The van der Waals surface area contributed by atoms with Crippen molar-refractivity contribution in [3.05, 3.63) is 70.8 Å². The molecule has 7 heterocycles. The lowest BCUT2D eigenvalue weighted by molar-refractivity contribution is -0.189. The third kappa shape index (κ3) is 9.77. The van der Waals surface area contributed by atoms with Crippen LogP contribution in [0.5, 0.6) is 0 Å². The SMILES string of the molecule is C=CC(=O)N1CC[C@@]2(CCN(C(=O)N(C)[C@H](C(=O)N[C@H]3Cc4nc(cs4)-c4ccc5c(c4)c(c(-c4cccnc4[C@H](C)OC)n5CC)CC(C)(C)COC(=O)[C@@]4(O)CCCN(N4)C3=O)C(C)C)C2)C1. The molecular weight excluding hydrogens is 899 g/mol. The molecule has 6 bridgehead atoms. The maximum absolute atomic E-state index is 14.7. The van der Waals surface area contributed by atoms with E-state index in [1.807, 2.05) is 52.1 Å². The highest BCUT2D eigenvalue weighted by Gasteiger charge is 2.48. The van der Waals surface area contributed by atoms with E-state index in [1.54, 1.807) is 30.2 Å². The summed E-state index contributed by atoms with van der Waals surface area (Å²) in [6, 6.07) is 7.79. The van der Waals surface area contributed by atoms with Crippen LogP contribution in [-0.4, -0.2) is 140 Å². The van der Waals surface area contributed by atoms with Gasteiger partial charge in [-0.05, 0) is 81.4 Å². The molecule has 69 heavy (non-hydrogen) atoms. The van der Waals surface area contributed by atoms with Gasteiger partial charge in [-0.3, -0.25) is 24.4 Å². The quantitative estimate of drug-likeness (QED) is 0.138. The number of aromatic nitrogens is 3. The van der Waals surface area contributed by atoms with Crippen LogP contribution in [0.3, 0.4) is 0 Å². The number of cyclic esters (lactones) is 1. The number of hydrogen-bond donors (Lipinski definition) is 3. The molecule has 4 aliphatic heterocycles. The van der Waals surface area contributed by atoms with Crippen LogP contribution in [0, 0.1) is 16.7 Å². The molecule has 1 spiro atoms. The number of fused-ring (bicyclic) bond motifs is 6. The van der Waals surface area contributed by atoms with Gasteiger partial charge in [-0.2, -0.15) is 5.43 Å². The van der Waals surface area contributed by atoms with Crippen LogP contribution in [0.4, 0.5) is 4.79 Å². The molecular formula is C51H67N9O8S. The lowest BCUT2D eigenvalue weighted by atomic mass is 9.84. The number of ether oxygens (including phenoxy) is 2. The van der Waals surface area contributed by atoms with Gasteiger partial charge in [-0.15, -0.1) is 11.3 Å². The number of aryl methyl sites for hydroxylation is 1. The Balaban J connectivity index is 1.14. The van der Waals surface area contributed by atoms with E-state index in [0.717, 1.165) is 51.8 Å². The lowest BCUT2D eigenvalue weighted by Gasteiger charge is -2.40. The summed E-state index contributed by atoms with van der Waals surface area (Å²) in [5.41, 5.74) is 6.04. The molecule has 370 valence electrons. The van der Waals surface area contributed by atoms with Crippen LogP contribution in [0.2, 0.25) is 0 Å². The number of amides is 5. The highest BCUT2D eigenvalue weighted by atomic mass is 32.1. The van der Waals surface area contributed by atoms with Crippen LogP contribution in [-0.2, 0) is 48.0 Å². The van der Waals surface area contributed by atoms with E-state index in [2.05, 4.69) is 47.0 Å². The number of benzene rings is 1. The Morgan fingerprint density at radius 2 is 1.84 bits per heavy atom. The van der Waals surface area contributed by atoms with Crippen molar-refractivity contribution in [3.63, 3.8) is 0 Å². The Hall–Kier alpha value is -5.69. The number of thiazole rings is 1. The number of nitrogens with one attached hydrogen (secondary N) is 2. The van der Waals surface area contributed by atoms with Gasteiger partial charge >= 0.3 is 12.0 Å². The monoisotopic (exact) mass is 965 g/mol. The van der Waals surface area contributed by atoms with Crippen LogP contribution >= 0.6 is 11.3 Å². The normalized spacial score (nSPS) is 23.8. The van der Waals surface area contributed by atoms with E-state index in [9.17, 15) is 29.1 Å². The van der Waals surface area contributed by atoms with Gasteiger partial charge in [0.1, 0.15) is 12.1 Å². The second-order valence-electron chi connectivity index (χ2n) is 20.5. The van der Waals surface area contributed by atoms with Gasteiger partial charge in [0.05, 0.1) is 34.8 Å². The van der Waals surface area contributed by atoms with Crippen LogP contribution < -0.4 is 10.7 Å². The number of hydrogen-bond acceptors (Lipinski definition) is 12. The molecule has 5 amide bonds. The molecule has 0 aliphatic carbocycles. The summed E-state index contributed by atoms with van der Waals surface area (Å²) in [4.78, 5) is 84.8. The summed E-state index contributed by atoms with van der Waals surface area (Å²) in [6.07, 6.45) is 5.05.